The molecule has 5 nitrogen and oxygen atoms in total. The van der Waals surface area contributed by atoms with Gasteiger partial charge in [0.15, 0.2) is 0 Å². The van der Waals surface area contributed by atoms with Crippen LogP contribution in [0, 0.1) is 0 Å². The smallest absolute Gasteiger partial charge is 0.312 e. The summed E-state index contributed by atoms with van der Waals surface area (Å²) >= 11 is 0. The van der Waals surface area contributed by atoms with Crippen LogP contribution in [0.2, 0.25) is 0 Å². The van der Waals surface area contributed by atoms with Crippen molar-refractivity contribution in [1.82, 2.24) is 9.80 Å². The molecule has 0 aromatic carbocycles. The molecule has 1 N–H and O–H groups in total. The highest BCUT2D eigenvalue weighted by Gasteiger charge is 2.36. The van der Waals surface area contributed by atoms with E-state index in [0.717, 1.165) is 19.5 Å². The molecule has 2 saturated heterocycles. The van der Waals surface area contributed by atoms with E-state index in [9.17, 15) is 9.59 Å². The average Bonchev–Trinajstić information content (AvgIpc) is 2.61. The molecule has 2 aliphatic rings. The maximum absolute atomic E-state index is 11.7. The van der Waals surface area contributed by atoms with Crippen LogP contribution in [0.4, 0.5) is 0 Å². The van der Waals surface area contributed by atoms with E-state index < -0.39 is 5.97 Å². The van der Waals surface area contributed by atoms with E-state index >= 15 is 0 Å². The first-order chi connectivity index (χ1) is 7.58. The zero-order chi connectivity index (χ0) is 11.7. The van der Waals surface area contributed by atoms with Gasteiger partial charge in [0.1, 0.15) is 6.42 Å². The summed E-state index contributed by atoms with van der Waals surface area (Å²) in [6.07, 6.45) is 1.94. The number of carboxylic acid groups (broad SMARTS) is 1. The highest BCUT2D eigenvalue weighted by atomic mass is 16.4. The highest BCUT2D eigenvalue weighted by Crippen LogP contribution is 2.24. The molecule has 2 fully saturated rings. The van der Waals surface area contributed by atoms with Crippen LogP contribution in [-0.4, -0.2) is 58.5 Å². The van der Waals surface area contributed by atoms with Crippen molar-refractivity contribution in [2.75, 3.05) is 19.6 Å². The Morgan fingerprint density at radius 1 is 1.38 bits per heavy atom. The highest BCUT2D eigenvalue weighted by molar-refractivity contribution is 5.93. The first-order valence-electron chi connectivity index (χ1n) is 5.83. The summed E-state index contributed by atoms with van der Waals surface area (Å²) in [5.74, 6) is -1.28. The van der Waals surface area contributed by atoms with Crippen molar-refractivity contribution in [1.29, 1.82) is 0 Å². The molecule has 2 atom stereocenters. The van der Waals surface area contributed by atoms with E-state index in [0.29, 0.717) is 12.6 Å². The fraction of sp³-hybridized carbons (Fsp3) is 0.818. The Labute approximate surface area is 95.0 Å². The second-order valence-corrected chi connectivity index (χ2v) is 4.76. The molecule has 2 rings (SSSR count). The third kappa shape index (κ3) is 2.19. The van der Waals surface area contributed by atoms with E-state index in [1.54, 1.807) is 4.90 Å². The van der Waals surface area contributed by atoms with Gasteiger partial charge in [0.2, 0.25) is 5.91 Å². The fourth-order valence-electron chi connectivity index (χ4n) is 2.77. The number of carbonyl (C=O) groups is 2. The number of carboxylic acids is 1. The van der Waals surface area contributed by atoms with Crippen molar-refractivity contribution in [3.05, 3.63) is 0 Å². The SMILES string of the molecule is CC1CN2CCCC2CN1C(=O)CC(=O)O. The van der Waals surface area contributed by atoms with E-state index in [1.165, 1.54) is 6.42 Å². The largest absolute Gasteiger partial charge is 0.481 e. The molecule has 2 heterocycles. The average molecular weight is 226 g/mol. The van der Waals surface area contributed by atoms with Crippen molar-refractivity contribution >= 4 is 11.9 Å². The molecule has 0 saturated carbocycles. The van der Waals surface area contributed by atoms with Gasteiger partial charge in [0, 0.05) is 25.2 Å². The fourth-order valence-corrected chi connectivity index (χ4v) is 2.77. The monoisotopic (exact) mass is 226 g/mol. The molecule has 90 valence electrons. The quantitative estimate of drug-likeness (QED) is 0.681. The Hall–Kier alpha value is -1.10. The van der Waals surface area contributed by atoms with Crippen LogP contribution in [0.1, 0.15) is 26.2 Å². The van der Waals surface area contributed by atoms with Crippen LogP contribution in [-0.2, 0) is 9.59 Å². The lowest BCUT2D eigenvalue weighted by atomic mass is 10.1. The van der Waals surface area contributed by atoms with Crippen molar-refractivity contribution in [2.45, 2.75) is 38.3 Å². The topological polar surface area (TPSA) is 60.9 Å². The molecule has 0 aliphatic carbocycles. The molecule has 0 aromatic heterocycles. The Morgan fingerprint density at radius 2 is 2.12 bits per heavy atom. The summed E-state index contributed by atoms with van der Waals surface area (Å²) in [6.45, 7) is 4.70. The Morgan fingerprint density at radius 3 is 2.81 bits per heavy atom. The molecule has 5 heteroatoms. The number of hydrogen-bond acceptors (Lipinski definition) is 3. The Bertz CT molecular complexity index is 306. The second kappa shape index (κ2) is 4.41. The molecule has 2 aliphatic heterocycles. The predicted octanol–water partition coefficient (Wildman–Crippen LogP) is 0.156. The molecule has 16 heavy (non-hydrogen) atoms. The van der Waals surface area contributed by atoms with Gasteiger partial charge < -0.3 is 10.0 Å². The molecule has 0 radical (unpaired) electrons. The molecule has 0 spiro atoms. The summed E-state index contributed by atoms with van der Waals surface area (Å²) in [4.78, 5) is 26.4. The van der Waals surface area contributed by atoms with E-state index in [-0.39, 0.29) is 18.4 Å². The third-order valence-corrected chi connectivity index (χ3v) is 3.56. The minimum Gasteiger partial charge on any atom is -0.481 e. The number of amides is 1. The van der Waals surface area contributed by atoms with Crippen LogP contribution in [0.5, 0.6) is 0 Å². The van der Waals surface area contributed by atoms with E-state index in [4.69, 9.17) is 5.11 Å². The van der Waals surface area contributed by atoms with Gasteiger partial charge in [-0.3, -0.25) is 14.5 Å². The summed E-state index contributed by atoms with van der Waals surface area (Å²) < 4.78 is 0. The standard InChI is InChI=1S/C11H18N2O3/c1-8-6-12-4-2-3-9(12)7-13(8)10(14)5-11(15)16/h8-9H,2-7H2,1H3,(H,15,16). The van der Waals surface area contributed by atoms with Gasteiger partial charge in [-0.2, -0.15) is 0 Å². The lowest BCUT2D eigenvalue weighted by molar-refractivity contribution is -0.146. The Kier molecular flexibility index (Phi) is 3.14. The Balaban J connectivity index is 1.99. The number of carbonyl (C=O) groups excluding carboxylic acids is 1. The lowest BCUT2D eigenvalue weighted by Crippen LogP contribution is -2.56. The minimum atomic E-state index is -1.04. The van der Waals surface area contributed by atoms with Gasteiger partial charge in [-0.1, -0.05) is 0 Å². The van der Waals surface area contributed by atoms with Crippen LogP contribution in [0.3, 0.4) is 0 Å². The summed E-state index contributed by atoms with van der Waals surface area (Å²) in [5, 5.41) is 8.63. The van der Waals surface area contributed by atoms with Crippen LogP contribution >= 0.6 is 0 Å². The maximum atomic E-state index is 11.7. The second-order valence-electron chi connectivity index (χ2n) is 4.76. The van der Waals surface area contributed by atoms with Crippen LogP contribution in [0.15, 0.2) is 0 Å². The normalized spacial score (nSPS) is 30.2. The molecular weight excluding hydrogens is 208 g/mol. The first kappa shape index (κ1) is 11.4. The van der Waals surface area contributed by atoms with Crippen LogP contribution < -0.4 is 0 Å². The third-order valence-electron chi connectivity index (χ3n) is 3.56. The van der Waals surface area contributed by atoms with Crippen molar-refractivity contribution in [3.8, 4) is 0 Å². The molecule has 2 unspecified atom stereocenters. The molecule has 0 bridgehead atoms. The van der Waals surface area contributed by atoms with Gasteiger partial charge in [0.25, 0.3) is 0 Å². The number of rotatable bonds is 2. The number of aliphatic carboxylic acids is 1. The number of fused-ring (bicyclic) bond motifs is 1. The zero-order valence-electron chi connectivity index (χ0n) is 9.56. The number of nitrogens with zero attached hydrogens (tertiary/aromatic N) is 2. The van der Waals surface area contributed by atoms with Gasteiger partial charge in [0.05, 0.1) is 0 Å². The van der Waals surface area contributed by atoms with Gasteiger partial charge >= 0.3 is 5.97 Å². The molecule has 1 amide bonds. The summed E-state index contributed by atoms with van der Waals surface area (Å²) in [7, 11) is 0. The van der Waals surface area contributed by atoms with Gasteiger partial charge in [-0.25, -0.2) is 0 Å². The van der Waals surface area contributed by atoms with Gasteiger partial charge in [-0.15, -0.1) is 0 Å². The maximum Gasteiger partial charge on any atom is 0.312 e. The zero-order valence-corrected chi connectivity index (χ0v) is 9.56. The molecule has 0 aromatic rings. The van der Waals surface area contributed by atoms with Crippen molar-refractivity contribution < 1.29 is 14.7 Å². The predicted molar refractivity (Wildman–Crippen MR) is 58.0 cm³/mol. The van der Waals surface area contributed by atoms with E-state index in [2.05, 4.69) is 4.90 Å². The lowest BCUT2D eigenvalue weighted by Gasteiger charge is -2.42. The first-order valence-corrected chi connectivity index (χ1v) is 5.83. The molecular formula is C11H18N2O3. The van der Waals surface area contributed by atoms with Crippen molar-refractivity contribution in [2.24, 2.45) is 0 Å². The van der Waals surface area contributed by atoms with Crippen LogP contribution in [0.25, 0.3) is 0 Å². The number of piperazine rings is 1. The minimum absolute atomic E-state index is 0.140. The van der Waals surface area contributed by atoms with Gasteiger partial charge in [-0.05, 0) is 26.3 Å². The summed E-state index contributed by atoms with van der Waals surface area (Å²) in [6, 6.07) is 0.593. The summed E-state index contributed by atoms with van der Waals surface area (Å²) in [5.41, 5.74) is 0. The van der Waals surface area contributed by atoms with Crippen molar-refractivity contribution in [3.63, 3.8) is 0 Å². The van der Waals surface area contributed by atoms with E-state index in [1.807, 2.05) is 6.92 Å². The number of hydrogen-bond donors (Lipinski definition) is 1.